The zero-order valence-electron chi connectivity index (χ0n) is 8.23. The van der Waals surface area contributed by atoms with E-state index in [4.69, 9.17) is 5.11 Å². The number of amides is 1. The van der Waals surface area contributed by atoms with Crippen LogP contribution in [0.4, 0.5) is 5.69 Å². The number of carboxylic acids is 1. The second-order valence-electron chi connectivity index (χ2n) is 3.26. The SMILES string of the molecule is O=C1CC(=Nc2cccc(C(=O)O)c2)NN1. The monoisotopic (exact) mass is 219 g/mol. The highest BCUT2D eigenvalue weighted by Gasteiger charge is 2.15. The molecular formula is C10H9N3O3. The van der Waals surface area contributed by atoms with Crippen LogP contribution in [0, 0.1) is 0 Å². The Morgan fingerprint density at radius 3 is 2.81 bits per heavy atom. The average molecular weight is 219 g/mol. The average Bonchev–Trinajstić information content (AvgIpc) is 2.64. The number of carbonyl (C=O) groups is 2. The molecule has 1 aromatic carbocycles. The molecule has 0 aliphatic carbocycles. The smallest absolute Gasteiger partial charge is 0.335 e. The highest BCUT2D eigenvalue weighted by atomic mass is 16.4. The van der Waals surface area contributed by atoms with E-state index in [1.807, 2.05) is 0 Å². The number of hydrogen-bond acceptors (Lipinski definition) is 3. The maximum absolute atomic E-state index is 10.9. The lowest BCUT2D eigenvalue weighted by Gasteiger charge is -1.99. The van der Waals surface area contributed by atoms with Crippen molar-refractivity contribution in [1.29, 1.82) is 0 Å². The maximum atomic E-state index is 10.9. The molecule has 82 valence electrons. The molecule has 1 aromatic rings. The molecule has 1 aliphatic heterocycles. The van der Waals surface area contributed by atoms with Crippen LogP contribution >= 0.6 is 0 Å². The minimum Gasteiger partial charge on any atom is -0.478 e. The molecule has 1 amide bonds. The third-order valence-electron chi connectivity index (χ3n) is 2.03. The summed E-state index contributed by atoms with van der Waals surface area (Å²) in [5, 5.41) is 8.78. The molecule has 0 spiro atoms. The van der Waals surface area contributed by atoms with Crippen molar-refractivity contribution < 1.29 is 14.7 Å². The fraction of sp³-hybridized carbons (Fsp3) is 0.100. The van der Waals surface area contributed by atoms with Crippen LogP contribution in [0.1, 0.15) is 16.8 Å². The molecule has 0 radical (unpaired) electrons. The van der Waals surface area contributed by atoms with Crippen LogP contribution in [0.2, 0.25) is 0 Å². The molecule has 1 fully saturated rings. The van der Waals surface area contributed by atoms with Gasteiger partial charge in [-0.05, 0) is 18.2 Å². The van der Waals surface area contributed by atoms with E-state index in [1.165, 1.54) is 12.1 Å². The summed E-state index contributed by atoms with van der Waals surface area (Å²) in [6, 6.07) is 6.20. The van der Waals surface area contributed by atoms with Gasteiger partial charge in [-0.3, -0.25) is 15.6 Å². The van der Waals surface area contributed by atoms with Crippen molar-refractivity contribution in [2.75, 3.05) is 0 Å². The van der Waals surface area contributed by atoms with Gasteiger partial charge in [0, 0.05) is 0 Å². The number of amidine groups is 1. The zero-order chi connectivity index (χ0) is 11.5. The molecule has 3 N–H and O–H groups in total. The summed E-state index contributed by atoms with van der Waals surface area (Å²) in [7, 11) is 0. The maximum Gasteiger partial charge on any atom is 0.335 e. The third-order valence-corrected chi connectivity index (χ3v) is 2.03. The lowest BCUT2D eigenvalue weighted by atomic mass is 10.2. The zero-order valence-corrected chi connectivity index (χ0v) is 8.23. The van der Waals surface area contributed by atoms with E-state index in [0.29, 0.717) is 11.5 Å². The third kappa shape index (κ3) is 2.17. The summed E-state index contributed by atoms with van der Waals surface area (Å²) in [4.78, 5) is 25.7. The van der Waals surface area contributed by atoms with Gasteiger partial charge in [0.1, 0.15) is 5.84 Å². The van der Waals surface area contributed by atoms with Gasteiger partial charge in [-0.2, -0.15) is 0 Å². The summed E-state index contributed by atoms with van der Waals surface area (Å²) in [5.74, 6) is -0.684. The molecule has 16 heavy (non-hydrogen) atoms. The molecule has 0 bridgehead atoms. The van der Waals surface area contributed by atoms with E-state index < -0.39 is 5.97 Å². The summed E-state index contributed by atoms with van der Waals surface area (Å²) < 4.78 is 0. The van der Waals surface area contributed by atoms with Gasteiger partial charge in [-0.25, -0.2) is 9.79 Å². The molecule has 0 unspecified atom stereocenters. The van der Waals surface area contributed by atoms with E-state index >= 15 is 0 Å². The second kappa shape index (κ2) is 4.01. The molecule has 1 aliphatic rings. The van der Waals surface area contributed by atoms with Crippen LogP contribution in [0.15, 0.2) is 29.3 Å². The van der Waals surface area contributed by atoms with E-state index in [1.54, 1.807) is 12.1 Å². The topological polar surface area (TPSA) is 90.8 Å². The predicted octanol–water partition coefficient (Wildman–Crippen LogP) is 0.439. The van der Waals surface area contributed by atoms with Crippen molar-refractivity contribution in [1.82, 2.24) is 10.9 Å². The van der Waals surface area contributed by atoms with Crippen LogP contribution < -0.4 is 10.9 Å². The molecule has 2 rings (SSSR count). The van der Waals surface area contributed by atoms with Crippen molar-refractivity contribution in [3.63, 3.8) is 0 Å². The Labute approximate surface area is 91.0 Å². The van der Waals surface area contributed by atoms with Crippen molar-refractivity contribution >= 4 is 23.4 Å². The Morgan fingerprint density at radius 2 is 2.19 bits per heavy atom. The first-order chi connectivity index (χ1) is 7.65. The van der Waals surface area contributed by atoms with Gasteiger partial charge < -0.3 is 5.11 Å². The number of carboxylic acid groups (broad SMARTS) is 1. The highest BCUT2D eigenvalue weighted by Crippen LogP contribution is 2.15. The number of benzene rings is 1. The largest absolute Gasteiger partial charge is 0.478 e. The van der Waals surface area contributed by atoms with Crippen LogP contribution in [-0.2, 0) is 4.79 Å². The number of aliphatic imine (C=N–C) groups is 1. The van der Waals surface area contributed by atoms with E-state index in [0.717, 1.165) is 0 Å². The van der Waals surface area contributed by atoms with Gasteiger partial charge >= 0.3 is 5.97 Å². The fourth-order valence-electron chi connectivity index (χ4n) is 1.31. The molecule has 1 heterocycles. The molecule has 6 nitrogen and oxygen atoms in total. The Bertz CT molecular complexity index is 482. The molecule has 1 saturated heterocycles. The first kappa shape index (κ1) is 10.2. The number of nitrogens with zero attached hydrogens (tertiary/aromatic N) is 1. The summed E-state index contributed by atoms with van der Waals surface area (Å²) in [6.07, 6.45) is 0.178. The van der Waals surface area contributed by atoms with Gasteiger partial charge in [0.15, 0.2) is 0 Å². The van der Waals surface area contributed by atoms with Crippen LogP contribution in [0.5, 0.6) is 0 Å². The Hall–Kier alpha value is -2.37. The van der Waals surface area contributed by atoms with Gasteiger partial charge in [-0.15, -0.1) is 0 Å². The number of nitrogens with one attached hydrogen (secondary N) is 2. The van der Waals surface area contributed by atoms with Gasteiger partial charge in [-0.1, -0.05) is 6.07 Å². The minimum absolute atomic E-state index is 0.159. The highest BCUT2D eigenvalue weighted by molar-refractivity contribution is 6.05. The first-order valence-corrected chi connectivity index (χ1v) is 4.61. The summed E-state index contributed by atoms with van der Waals surface area (Å²) >= 11 is 0. The summed E-state index contributed by atoms with van der Waals surface area (Å²) in [5.41, 5.74) is 5.66. The van der Waals surface area contributed by atoms with Gasteiger partial charge in [0.2, 0.25) is 5.91 Å². The van der Waals surface area contributed by atoms with E-state index in [9.17, 15) is 9.59 Å². The lowest BCUT2D eigenvalue weighted by Crippen LogP contribution is -2.28. The number of carbonyl (C=O) groups excluding carboxylic acids is 1. The number of rotatable bonds is 2. The van der Waals surface area contributed by atoms with Gasteiger partial charge in [0.25, 0.3) is 0 Å². The lowest BCUT2D eigenvalue weighted by molar-refractivity contribution is -0.119. The molecular weight excluding hydrogens is 210 g/mol. The minimum atomic E-state index is -1.00. The fourth-order valence-corrected chi connectivity index (χ4v) is 1.31. The van der Waals surface area contributed by atoms with Gasteiger partial charge in [0.05, 0.1) is 17.7 Å². The Morgan fingerprint density at radius 1 is 1.38 bits per heavy atom. The standard InChI is InChI=1S/C10H9N3O3/c14-9-5-8(12-13-9)11-7-3-1-2-6(4-7)10(15)16/h1-4H,5H2,(H,11,12)(H,13,14)(H,15,16). The number of hydrogen-bond donors (Lipinski definition) is 3. The first-order valence-electron chi connectivity index (χ1n) is 4.61. The van der Waals surface area contributed by atoms with Crippen molar-refractivity contribution in [2.45, 2.75) is 6.42 Å². The van der Waals surface area contributed by atoms with E-state index in [2.05, 4.69) is 15.8 Å². The van der Waals surface area contributed by atoms with Crippen molar-refractivity contribution in [2.24, 2.45) is 4.99 Å². The van der Waals surface area contributed by atoms with Crippen LogP contribution in [0.3, 0.4) is 0 Å². The Kier molecular flexibility index (Phi) is 2.55. The van der Waals surface area contributed by atoms with E-state index in [-0.39, 0.29) is 17.9 Å². The summed E-state index contributed by atoms with van der Waals surface area (Å²) in [6.45, 7) is 0. The van der Waals surface area contributed by atoms with Crippen LogP contribution in [0.25, 0.3) is 0 Å². The molecule has 0 atom stereocenters. The number of hydrazine groups is 1. The van der Waals surface area contributed by atoms with Crippen molar-refractivity contribution in [3.8, 4) is 0 Å². The van der Waals surface area contributed by atoms with Crippen molar-refractivity contribution in [3.05, 3.63) is 29.8 Å². The Balaban J connectivity index is 2.24. The predicted molar refractivity (Wildman–Crippen MR) is 56.4 cm³/mol. The molecule has 6 heteroatoms. The second-order valence-corrected chi connectivity index (χ2v) is 3.26. The number of aromatic carboxylic acids is 1. The normalized spacial score (nSPS) is 17.0. The molecule has 0 aromatic heterocycles. The quantitative estimate of drug-likeness (QED) is 0.673. The molecule has 0 saturated carbocycles. The van der Waals surface area contributed by atoms with Crippen LogP contribution in [-0.4, -0.2) is 22.8 Å².